The van der Waals surface area contributed by atoms with Crippen LogP contribution < -0.4 is 8.92 Å². The Kier molecular flexibility index (Phi) is 5.80. The van der Waals surface area contributed by atoms with E-state index in [0.29, 0.717) is 16.9 Å². The number of hydrogen-bond donors (Lipinski definition) is 0. The monoisotopic (exact) mass is 396 g/mol. The average Bonchev–Trinajstić information content (AvgIpc) is 2.67. The van der Waals surface area contributed by atoms with Crippen LogP contribution in [-0.2, 0) is 15.9 Å². The Morgan fingerprint density at radius 1 is 0.929 bits per heavy atom. The Labute approximate surface area is 164 Å². The van der Waals surface area contributed by atoms with Crippen molar-refractivity contribution in [2.24, 2.45) is 0 Å². The third kappa shape index (κ3) is 4.78. The first kappa shape index (κ1) is 19.6. The van der Waals surface area contributed by atoms with Crippen molar-refractivity contribution in [1.82, 2.24) is 0 Å². The van der Waals surface area contributed by atoms with E-state index in [1.54, 1.807) is 54.6 Å². The zero-order valence-corrected chi connectivity index (χ0v) is 16.4. The molecule has 0 atom stereocenters. The summed E-state index contributed by atoms with van der Waals surface area (Å²) in [6, 6.07) is 20.3. The van der Waals surface area contributed by atoms with Crippen LogP contribution >= 0.6 is 0 Å². The van der Waals surface area contributed by atoms with Gasteiger partial charge in [-0.05, 0) is 24.6 Å². The first-order valence-corrected chi connectivity index (χ1v) is 10.2. The maximum Gasteiger partial charge on any atom is 0.313 e. The Morgan fingerprint density at radius 3 is 2.36 bits per heavy atom. The number of carbonyl (C=O) groups excluding carboxylic acids is 1. The van der Waals surface area contributed by atoms with Crippen molar-refractivity contribution in [3.63, 3.8) is 0 Å². The van der Waals surface area contributed by atoms with Gasteiger partial charge in [-0.3, -0.25) is 4.79 Å². The van der Waals surface area contributed by atoms with Gasteiger partial charge in [-0.1, -0.05) is 60.2 Å². The van der Waals surface area contributed by atoms with Gasteiger partial charge in [-0.15, -0.1) is 0 Å². The van der Waals surface area contributed by atoms with Crippen LogP contribution in [-0.4, -0.2) is 21.3 Å². The Hall–Kier alpha value is -3.12. The fourth-order valence-electron chi connectivity index (χ4n) is 2.80. The Balaban J connectivity index is 1.94. The van der Waals surface area contributed by atoms with Crippen LogP contribution in [0.1, 0.15) is 27.0 Å². The van der Waals surface area contributed by atoms with E-state index in [4.69, 9.17) is 8.92 Å². The summed E-state index contributed by atoms with van der Waals surface area (Å²) >= 11 is 0. The standard InChI is InChI=1S/C22H20O5S/c1-16-7-6-8-17(13-16)15-28(24,25)27-21-14-19(26-2)11-12-20(21)22(23)18-9-4-3-5-10-18/h3-14H,15H2,1-2H3. The van der Waals surface area contributed by atoms with Crippen molar-refractivity contribution in [3.8, 4) is 11.5 Å². The molecule has 0 fully saturated rings. The maximum absolute atomic E-state index is 12.8. The summed E-state index contributed by atoms with van der Waals surface area (Å²) in [7, 11) is -2.52. The van der Waals surface area contributed by atoms with Gasteiger partial charge in [-0.2, -0.15) is 8.42 Å². The molecule has 5 nitrogen and oxygen atoms in total. The Morgan fingerprint density at radius 2 is 1.68 bits per heavy atom. The number of ether oxygens (including phenoxy) is 1. The molecule has 0 aliphatic rings. The highest BCUT2D eigenvalue weighted by Crippen LogP contribution is 2.29. The molecule has 144 valence electrons. The summed E-state index contributed by atoms with van der Waals surface area (Å²) in [6.07, 6.45) is 0. The van der Waals surface area contributed by atoms with Crippen LogP contribution in [0, 0.1) is 6.92 Å². The van der Waals surface area contributed by atoms with Gasteiger partial charge in [0.05, 0.1) is 12.7 Å². The van der Waals surface area contributed by atoms with Gasteiger partial charge in [0, 0.05) is 11.6 Å². The molecule has 0 aliphatic heterocycles. The first-order valence-electron chi connectivity index (χ1n) is 8.63. The second-order valence-corrected chi connectivity index (χ2v) is 7.90. The smallest absolute Gasteiger partial charge is 0.313 e. The van der Waals surface area contributed by atoms with Crippen molar-refractivity contribution in [3.05, 3.63) is 95.1 Å². The van der Waals surface area contributed by atoms with Gasteiger partial charge in [-0.25, -0.2) is 0 Å². The fraction of sp³-hybridized carbons (Fsp3) is 0.136. The van der Waals surface area contributed by atoms with E-state index in [9.17, 15) is 13.2 Å². The van der Waals surface area contributed by atoms with Crippen LogP contribution in [0.3, 0.4) is 0 Å². The summed E-state index contributed by atoms with van der Waals surface area (Å²) in [5.41, 5.74) is 2.15. The quantitative estimate of drug-likeness (QED) is 0.443. The lowest BCUT2D eigenvalue weighted by Gasteiger charge is -2.13. The minimum Gasteiger partial charge on any atom is -0.497 e. The fourth-order valence-corrected chi connectivity index (χ4v) is 3.86. The molecule has 3 rings (SSSR count). The minimum atomic E-state index is -3.98. The molecule has 6 heteroatoms. The van der Waals surface area contributed by atoms with Crippen LogP contribution in [0.4, 0.5) is 0 Å². The van der Waals surface area contributed by atoms with E-state index in [1.165, 1.54) is 19.2 Å². The highest BCUT2D eigenvalue weighted by atomic mass is 32.2. The summed E-state index contributed by atoms with van der Waals surface area (Å²) in [5, 5.41) is 0. The van der Waals surface area contributed by atoms with Crippen LogP contribution in [0.25, 0.3) is 0 Å². The maximum atomic E-state index is 12.8. The summed E-state index contributed by atoms with van der Waals surface area (Å²) in [5.74, 6) is -0.291. The van der Waals surface area contributed by atoms with Gasteiger partial charge >= 0.3 is 10.1 Å². The predicted octanol–water partition coefficient (Wildman–Crippen LogP) is 4.14. The molecule has 3 aromatic carbocycles. The van der Waals surface area contributed by atoms with Crippen LogP contribution in [0.5, 0.6) is 11.5 Å². The highest BCUT2D eigenvalue weighted by Gasteiger charge is 2.21. The van der Waals surface area contributed by atoms with Crippen LogP contribution in [0.2, 0.25) is 0 Å². The lowest BCUT2D eigenvalue weighted by Crippen LogP contribution is -2.15. The van der Waals surface area contributed by atoms with E-state index in [1.807, 2.05) is 13.0 Å². The van der Waals surface area contributed by atoms with Crippen molar-refractivity contribution < 1.29 is 22.1 Å². The molecule has 0 radical (unpaired) electrons. The zero-order valence-electron chi connectivity index (χ0n) is 15.6. The molecule has 0 bridgehead atoms. The topological polar surface area (TPSA) is 69.7 Å². The molecular weight excluding hydrogens is 376 g/mol. The van der Waals surface area contributed by atoms with E-state index in [-0.39, 0.29) is 22.8 Å². The van der Waals surface area contributed by atoms with Crippen molar-refractivity contribution >= 4 is 15.9 Å². The van der Waals surface area contributed by atoms with E-state index >= 15 is 0 Å². The largest absolute Gasteiger partial charge is 0.497 e. The normalized spacial score (nSPS) is 11.1. The summed E-state index contributed by atoms with van der Waals surface area (Å²) in [6.45, 7) is 1.88. The molecule has 0 aromatic heterocycles. The number of rotatable bonds is 7. The molecule has 0 spiro atoms. The number of methoxy groups -OCH3 is 1. The molecule has 0 aliphatic carbocycles. The molecule has 28 heavy (non-hydrogen) atoms. The molecule has 0 N–H and O–H groups in total. The third-order valence-corrected chi connectivity index (χ3v) is 5.23. The predicted molar refractivity (Wildman–Crippen MR) is 107 cm³/mol. The SMILES string of the molecule is COc1ccc(C(=O)c2ccccc2)c(OS(=O)(=O)Cc2cccc(C)c2)c1. The Bertz CT molecular complexity index is 1090. The average molecular weight is 396 g/mol. The van der Waals surface area contributed by atoms with E-state index in [0.717, 1.165) is 5.56 Å². The van der Waals surface area contributed by atoms with E-state index < -0.39 is 10.1 Å². The second kappa shape index (κ2) is 8.27. The van der Waals surface area contributed by atoms with Crippen molar-refractivity contribution in [2.45, 2.75) is 12.7 Å². The first-order chi connectivity index (χ1) is 13.4. The molecule has 0 unspecified atom stereocenters. The van der Waals surface area contributed by atoms with Gasteiger partial charge in [0.15, 0.2) is 11.5 Å². The molecule has 0 saturated carbocycles. The summed E-state index contributed by atoms with van der Waals surface area (Å²) in [4.78, 5) is 12.8. The molecule has 0 amide bonds. The molecule has 0 saturated heterocycles. The van der Waals surface area contributed by atoms with Gasteiger partial charge in [0.25, 0.3) is 0 Å². The second-order valence-electron chi connectivity index (χ2n) is 6.33. The molecule has 0 heterocycles. The lowest BCUT2D eigenvalue weighted by atomic mass is 10.0. The number of benzene rings is 3. The molecule has 3 aromatic rings. The minimum absolute atomic E-state index is 0.0548. The summed E-state index contributed by atoms with van der Waals surface area (Å²) < 4.78 is 35.7. The number of ketones is 1. The van der Waals surface area contributed by atoms with Crippen molar-refractivity contribution in [1.29, 1.82) is 0 Å². The number of carbonyl (C=O) groups is 1. The highest BCUT2D eigenvalue weighted by molar-refractivity contribution is 7.86. The van der Waals surface area contributed by atoms with E-state index in [2.05, 4.69) is 0 Å². The lowest BCUT2D eigenvalue weighted by molar-refractivity contribution is 0.103. The van der Waals surface area contributed by atoms with Gasteiger partial charge in [0.1, 0.15) is 11.5 Å². The third-order valence-electron chi connectivity index (χ3n) is 4.11. The zero-order chi connectivity index (χ0) is 20.1. The van der Waals surface area contributed by atoms with Gasteiger partial charge < -0.3 is 8.92 Å². The van der Waals surface area contributed by atoms with Crippen LogP contribution in [0.15, 0.2) is 72.8 Å². The number of aryl methyl sites for hydroxylation is 1. The number of hydrogen-bond acceptors (Lipinski definition) is 5. The van der Waals surface area contributed by atoms with Gasteiger partial charge in [0.2, 0.25) is 0 Å². The molecular formula is C22H20O5S. The van der Waals surface area contributed by atoms with Crippen molar-refractivity contribution in [2.75, 3.05) is 7.11 Å².